The molecule has 1 saturated heterocycles. The zero-order valence-corrected chi connectivity index (χ0v) is 20.4. The molecule has 12 heteroatoms. The van der Waals surface area contributed by atoms with E-state index in [2.05, 4.69) is 15.5 Å². The molecular formula is C23H27ClF2N4O5. The van der Waals surface area contributed by atoms with E-state index in [0.717, 1.165) is 6.07 Å². The number of halogens is 3. The van der Waals surface area contributed by atoms with Crippen molar-refractivity contribution < 1.29 is 33.0 Å². The SMILES string of the molecule is CO[C@@H]1[C@@H](n2cc(-c3cc(F)c(F)c(Cl)c3)nn2)[C@@H](O)[C@@H](CO)O[C@@H]1Cc1cc(C(C)(C)C)on1. The Labute approximate surface area is 205 Å². The van der Waals surface area contributed by atoms with Crippen molar-refractivity contribution in [1.29, 1.82) is 0 Å². The van der Waals surface area contributed by atoms with E-state index in [1.54, 1.807) is 0 Å². The summed E-state index contributed by atoms with van der Waals surface area (Å²) in [6.45, 7) is 5.56. The summed E-state index contributed by atoms with van der Waals surface area (Å²) in [5.41, 5.74) is 0.821. The molecule has 1 aliphatic heterocycles. The van der Waals surface area contributed by atoms with E-state index in [0.29, 0.717) is 11.5 Å². The third-order valence-corrected chi connectivity index (χ3v) is 6.31. The van der Waals surface area contributed by atoms with Gasteiger partial charge in [0.25, 0.3) is 0 Å². The third-order valence-electron chi connectivity index (χ3n) is 6.04. The smallest absolute Gasteiger partial charge is 0.177 e. The van der Waals surface area contributed by atoms with E-state index in [1.165, 1.54) is 24.1 Å². The van der Waals surface area contributed by atoms with Gasteiger partial charge in [0, 0.05) is 30.6 Å². The van der Waals surface area contributed by atoms with Gasteiger partial charge in [0.1, 0.15) is 35.8 Å². The Hall–Kier alpha value is -2.44. The van der Waals surface area contributed by atoms with Gasteiger partial charge < -0.3 is 24.2 Å². The summed E-state index contributed by atoms with van der Waals surface area (Å²) in [5.74, 6) is -1.57. The maximum absolute atomic E-state index is 13.9. The Balaban J connectivity index is 1.65. The molecular weight excluding hydrogens is 486 g/mol. The molecule has 1 aliphatic rings. The van der Waals surface area contributed by atoms with Crippen molar-refractivity contribution in [1.82, 2.24) is 20.2 Å². The van der Waals surface area contributed by atoms with Crippen LogP contribution in [0.2, 0.25) is 5.02 Å². The second-order valence-corrected chi connectivity index (χ2v) is 9.96. The highest BCUT2D eigenvalue weighted by Gasteiger charge is 2.47. The third kappa shape index (κ3) is 5.10. The predicted octanol–water partition coefficient (Wildman–Crippen LogP) is 3.08. The second-order valence-electron chi connectivity index (χ2n) is 9.55. The zero-order valence-electron chi connectivity index (χ0n) is 19.7. The summed E-state index contributed by atoms with van der Waals surface area (Å²) >= 11 is 5.77. The normalized spacial score (nSPS) is 25.2. The summed E-state index contributed by atoms with van der Waals surface area (Å²) in [6.07, 6.45) is -1.71. The molecule has 1 aromatic carbocycles. The fourth-order valence-corrected chi connectivity index (χ4v) is 4.36. The predicted molar refractivity (Wildman–Crippen MR) is 121 cm³/mol. The molecule has 0 saturated carbocycles. The van der Waals surface area contributed by atoms with Gasteiger partial charge in [-0.3, -0.25) is 0 Å². The van der Waals surface area contributed by atoms with Gasteiger partial charge in [0.2, 0.25) is 0 Å². The number of aliphatic hydroxyl groups is 2. The zero-order chi connectivity index (χ0) is 25.5. The summed E-state index contributed by atoms with van der Waals surface area (Å²) in [4.78, 5) is 0. The van der Waals surface area contributed by atoms with Crippen LogP contribution in [0.5, 0.6) is 0 Å². The van der Waals surface area contributed by atoms with Crippen LogP contribution in [0.4, 0.5) is 8.78 Å². The van der Waals surface area contributed by atoms with Crippen molar-refractivity contribution in [3.63, 3.8) is 0 Å². The number of methoxy groups -OCH3 is 1. The first-order valence-corrected chi connectivity index (χ1v) is 11.4. The molecule has 190 valence electrons. The van der Waals surface area contributed by atoms with Gasteiger partial charge in [0.05, 0.1) is 29.6 Å². The van der Waals surface area contributed by atoms with Crippen LogP contribution in [0.1, 0.15) is 38.3 Å². The summed E-state index contributed by atoms with van der Waals surface area (Å²) in [6, 6.07) is 3.22. The lowest BCUT2D eigenvalue weighted by atomic mass is 9.89. The highest BCUT2D eigenvalue weighted by molar-refractivity contribution is 6.31. The number of aliphatic hydroxyl groups excluding tert-OH is 2. The Kier molecular flexibility index (Phi) is 7.26. The van der Waals surface area contributed by atoms with Crippen LogP contribution in [0.3, 0.4) is 0 Å². The van der Waals surface area contributed by atoms with Gasteiger partial charge in [-0.2, -0.15) is 0 Å². The monoisotopic (exact) mass is 512 g/mol. The quantitative estimate of drug-likeness (QED) is 0.484. The largest absolute Gasteiger partial charge is 0.394 e. The Bertz CT molecular complexity index is 1160. The topological polar surface area (TPSA) is 116 Å². The minimum Gasteiger partial charge on any atom is -0.394 e. The molecule has 0 unspecified atom stereocenters. The summed E-state index contributed by atoms with van der Waals surface area (Å²) < 4.78 is 46.0. The van der Waals surface area contributed by atoms with Crippen LogP contribution < -0.4 is 0 Å². The lowest BCUT2D eigenvalue weighted by molar-refractivity contribution is -0.212. The minimum absolute atomic E-state index is 0.211. The fraction of sp³-hybridized carbons (Fsp3) is 0.522. The van der Waals surface area contributed by atoms with Gasteiger partial charge in [-0.05, 0) is 12.1 Å². The van der Waals surface area contributed by atoms with E-state index >= 15 is 0 Å². The number of aromatic nitrogens is 4. The van der Waals surface area contributed by atoms with Gasteiger partial charge in [0.15, 0.2) is 11.6 Å². The number of rotatable bonds is 6. The van der Waals surface area contributed by atoms with Crippen LogP contribution in [-0.2, 0) is 21.3 Å². The van der Waals surface area contributed by atoms with E-state index in [9.17, 15) is 19.0 Å². The molecule has 5 atom stereocenters. The van der Waals surface area contributed by atoms with Gasteiger partial charge >= 0.3 is 0 Å². The molecule has 0 amide bonds. The molecule has 3 heterocycles. The molecule has 1 fully saturated rings. The van der Waals surface area contributed by atoms with Crippen LogP contribution in [0.25, 0.3) is 11.3 Å². The molecule has 0 spiro atoms. The van der Waals surface area contributed by atoms with E-state index < -0.39 is 53.7 Å². The van der Waals surface area contributed by atoms with E-state index in [-0.39, 0.29) is 23.1 Å². The van der Waals surface area contributed by atoms with Crippen molar-refractivity contribution in [3.05, 3.63) is 52.5 Å². The first-order valence-electron chi connectivity index (χ1n) is 11.0. The van der Waals surface area contributed by atoms with Crippen LogP contribution in [-0.4, -0.2) is 68.5 Å². The highest BCUT2D eigenvalue weighted by Crippen LogP contribution is 2.35. The lowest BCUT2D eigenvalue weighted by Crippen LogP contribution is -2.57. The van der Waals surface area contributed by atoms with Crippen molar-refractivity contribution in [3.8, 4) is 11.3 Å². The lowest BCUT2D eigenvalue weighted by Gasteiger charge is -2.43. The second kappa shape index (κ2) is 9.90. The van der Waals surface area contributed by atoms with E-state index in [4.69, 9.17) is 25.6 Å². The van der Waals surface area contributed by atoms with Crippen molar-refractivity contribution >= 4 is 11.6 Å². The van der Waals surface area contributed by atoms with Crippen LogP contribution in [0, 0.1) is 11.6 Å². The maximum Gasteiger partial charge on any atom is 0.177 e. The van der Waals surface area contributed by atoms with Gasteiger partial charge in [-0.15, -0.1) is 5.10 Å². The average Bonchev–Trinajstić information content (AvgIpc) is 3.47. The number of nitrogens with zero attached hydrogens (tertiary/aromatic N) is 4. The minimum atomic E-state index is -1.20. The Morgan fingerprint density at radius 2 is 1.94 bits per heavy atom. The Morgan fingerprint density at radius 1 is 1.20 bits per heavy atom. The first kappa shape index (κ1) is 25.6. The number of hydrogen-bond donors (Lipinski definition) is 2. The van der Waals surface area contributed by atoms with E-state index in [1.807, 2.05) is 26.8 Å². The molecule has 35 heavy (non-hydrogen) atoms. The van der Waals surface area contributed by atoms with Crippen molar-refractivity contribution in [2.75, 3.05) is 13.7 Å². The molecule has 3 aromatic rings. The molecule has 9 nitrogen and oxygen atoms in total. The summed E-state index contributed by atoms with van der Waals surface area (Å²) in [5, 5.41) is 32.7. The fourth-order valence-electron chi connectivity index (χ4n) is 4.16. The Morgan fingerprint density at radius 3 is 2.54 bits per heavy atom. The van der Waals surface area contributed by atoms with Crippen molar-refractivity contribution in [2.45, 2.75) is 63.1 Å². The maximum atomic E-state index is 13.9. The van der Waals surface area contributed by atoms with Crippen LogP contribution >= 0.6 is 11.6 Å². The van der Waals surface area contributed by atoms with Crippen LogP contribution in [0.15, 0.2) is 28.9 Å². The average molecular weight is 513 g/mol. The number of benzene rings is 1. The molecule has 0 aliphatic carbocycles. The molecule has 4 rings (SSSR count). The molecule has 2 N–H and O–H groups in total. The standard InChI is InChI=1S/C23H27ClF2N4O5/c1-23(2,3)18-8-12(28-35-18)7-16-22(33-4)20(21(32)17(10-31)34-16)30-9-15(27-29-30)11-5-13(24)19(26)14(25)6-11/h5-6,8-9,16-17,20-22,31-32H,7,10H2,1-4H3/t16-,17-,20+,21+,22+/m1/s1. The van der Waals surface area contributed by atoms with Gasteiger partial charge in [-0.25, -0.2) is 13.5 Å². The number of hydrogen-bond acceptors (Lipinski definition) is 8. The van der Waals surface area contributed by atoms with Crippen molar-refractivity contribution in [2.24, 2.45) is 0 Å². The molecule has 0 radical (unpaired) electrons. The highest BCUT2D eigenvalue weighted by atomic mass is 35.5. The number of ether oxygens (including phenoxy) is 2. The first-order chi connectivity index (χ1) is 16.5. The summed E-state index contributed by atoms with van der Waals surface area (Å²) in [7, 11) is 1.47. The van der Waals surface area contributed by atoms with Gasteiger partial charge in [-0.1, -0.05) is 42.7 Å². The molecule has 2 aromatic heterocycles. The molecule has 0 bridgehead atoms.